The predicted octanol–water partition coefficient (Wildman–Crippen LogP) is 1.52. The summed E-state index contributed by atoms with van der Waals surface area (Å²) in [6.07, 6.45) is -1.00. The molecule has 0 spiro atoms. The topological polar surface area (TPSA) is 117 Å². The van der Waals surface area contributed by atoms with E-state index in [-0.39, 0.29) is 0 Å². The molecule has 0 unspecified atom stereocenters. The Morgan fingerprint density at radius 3 is 2.63 bits per heavy atom. The van der Waals surface area contributed by atoms with E-state index in [0.717, 1.165) is 21.9 Å². The number of fused-ring (bicyclic) bond motifs is 2. The van der Waals surface area contributed by atoms with Crippen molar-refractivity contribution in [2.75, 3.05) is 25.6 Å². The first-order valence-corrected chi connectivity index (χ1v) is 9.64. The zero-order valence-electron chi connectivity index (χ0n) is 16.5. The number of benzene rings is 1. The van der Waals surface area contributed by atoms with Crippen molar-refractivity contribution in [3.05, 3.63) is 42.9 Å². The highest BCUT2D eigenvalue weighted by Crippen LogP contribution is 2.40. The van der Waals surface area contributed by atoms with Gasteiger partial charge in [0.05, 0.1) is 12.0 Å². The fourth-order valence-corrected chi connectivity index (χ4v) is 4.01. The molecule has 0 aliphatic carbocycles. The number of anilines is 1. The van der Waals surface area contributed by atoms with E-state index in [1.807, 2.05) is 49.3 Å². The first-order chi connectivity index (χ1) is 14.5. The molecule has 3 aromatic heterocycles. The summed E-state index contributed by atoms with van der Waals surface area (Å²) >= 11 is 0. The van der Waals surface area contributed by atoms with E-state index in [1.165, 1.54) is 6.33 Å². The van der Waals surface area contributed by atoms with Crippen molar-refractivity contribution in [2.45, 2.75) is 24.5 Å². The normalized spacial score (nSPS) is 24.2. The Labute approximate surface area is 171 Å². The average molecular weight is 410 g/mol. The number of nitrogens with zero attached hydrogens (tertiary/aromatic N) is 4. The third kappa shape index (κ3) is 2.78. The third-order valence-electron chi connectivity index (χ3n) is 5.50. The summed E-state index contributed by atoms with van der Waals surface area (Å²) in [5.74, 6) is 1.31. The third-order valence-corrected chi connectivity index (χ3v) is 5.50. The molecule has 0 saturated carbocycles. The quantitative estimate of drug-likeness (QED) is 0.464. The summed E-state index contributed by atoms with van der Waals surface area (Å²) in [7, 11) is 3.77. The molecule has 156 valence electrons. The van der Waals surface area contributed by atoms with Gasteiger partial charge in [-0.1, -0.05) is 18.2 Å². The van der Waals surface area contributed by atoms with Crippen molar-refractivity contribution in [3.8, 4) is 11.3 Å². The molecule has 1 saturated heterocycles. The summed E-state index contributed by atoms with van der Waals surface area (Å²) in [5, 5.41) is 31.9. The van der Waals surface area contributed by atoms with Crippen LogP contribution in [0.25, 0.3) is 33.3 Å². The van der Waals surface area contributed by atoms with Crippen LogP contribution in [-0.2, 0) is 4.74 Å². The van der Waals surface area contributed by atoms with Crippen LogP contribution >= 0.6 is 0 Å². The maximum absolute atomic E-state index is 10.6. The van der Waals surface area contributed by atoms with Crippen molar-refractivity contribution in [1.82, 2.24) is 14.5 Å². The lowest BCUT2D eigenvalue weighted by molar-refractivity contribution is -0.0508. The van der Waals surface area contributed by atoms with Gasteiger partial charge in [-0.05, 0) is 12.1 Å². The molecule has 9 nitrogen and oxygen atoms in total. The van der Waals surface area contributed by atoms with Crippen molar-refractivity contribution >= 4 is 27.8 Å². The Bertz CT molecular complexity index is 1180. The number of hydrogen-bond donors (Lipinski definition) is 3. The molecule has 0 amide bonds. The summed E-state index contributed by atoms with van der Waals surface area (Å²) in [5.41, 5.74) is 2.02. The smallest absolute Gasteiger partial charge is 0.164 e. The molecule has 1 fully saturated rings. The molecule has 3 N–H and O–H groups in total. The lowest BCUT2D eigenvalue weighted by Gasteiger charge is -2.18. The second-order valence-electron chi connectivity index (χ2n) is 7.62. The molecule has 1 aliphatic heterocycles. The van der Waals surface area contributed by atoms with Gasteiger partial charge < -0.3 is 33.9 Å². The average Bonchev–Trinajstić information content (AvgIpc) is 3.42. The SMILES string of the molecule is CN(C)c1ncnc2c1c(-c1cc3ccccc3o1)cn2[C@@H]1O[C@H](CO)[C@@H](O)[C@H]1O. The first kappa shape index (κ1) is 19.0. The van der Waals surface area contributed by atoms with Gasteiger partial charge in [-0.3, -0.25) is 0 Å². The number of ether oxygens (including phenoxy) is 1. The predicted molar refractivity (Wildman–Crippen MR) is 110 cm³/mol. The van der Waals surface area contributed by atoms with Gasteiger partial charge in [0.1, 0.15) is 47.4 Å². The van der Waals surface area contributed by atoms with Crippen molar-refractivity contribution in [2.24, 2.45) is 0 Å². The maximum atomic E-state index is 10.6. The minimum Gasteiger partial charge on any atom is -0.456 e. The molecular formula is C21H22N4O5. The molecule has 30 heavy (non-hydrogen) atoms. The number of para-hydroxylation sites is 1. The van der Waals surface area contributed by atoms with Gasteiger partial charge in [-0.25, -0.2) is 9.97 Å². The molecular weight excluding hydrogens is 388 g/mol. The number of hydrogen-bond acceptors (Lipinski definition) is 8. The van der Waals surface area contributed by atoms with Crippen LogP contribution in [-0.4, -0.2) is 68.9 Å². The maximum Gasteiger partial charge on any atom is 0.164 e. The lowest BCUT2D eigenvalue weighted by Crippen LogP contribution is -2.33. The van der Waals surface area contributed by atoms with E-state index in [2.05, 4.69) is 9.97 Å². The van der Waals surface area contributed by atoms with E-state index < -0.39 is 31.1 Å². The number of rotatable bonds is 4. The van der Waals surface area contributed by atoms with Crippen molar-refractivity contribution in [1.29, 1.82) is 0 Å². The van der Waals surface area contributed by atoms with Crippen molar-refractivity contribution < 1.29 is 24.5 Å². The van der Waals surface area contributed by atoms with Crippen LogP contribution in [0.5, 0.6) is 0 Å². The fourth-order valence-electron chi connectivity index (χ4n) is 4.01. The highest BCUT2D eigenvalue weighted by atomic mass is 16.6. The Morgan fingerprint density at radius 2 is 1.93 bits per heavy atom. The molecule has 0 radical (unpaired) electrons. The number of aliphatic hydroxyl groups is 3. The molecule has 1 aromatic carbocycles. The molecule has 4 atom stereocenters. The van der Waals surface area contributed by atoms with Gasteiger partial charge in [0, 0.05) is 31.2 Å². The summed E-state index contributed by atoms with van der Waals surface area (Å²) < 4.78 is 13.5. The number of aliphatic hydroxyl groups excluding tert-OH is 3. The van der Waals surface area contributed by atoms with Crippen LogP contribution in [0.3, 0.4) is 0 Å². The molecule has 4 heterocycles. The minimum atomic E-state index is -1.22. The molecule has 9 heteroatoms. The Hall–Kier alpha value is -2.98. The van der Waals surface area contributed by atoms with Crippen LogP contribution in [0.2, 0.25) is 0 Å². The van der Waals surface area contributed by atoms with Crippen LogP contribution in [0.4, 0.5) is 5.82 Å². The Morgan fingerprint density at radius 1 is 1.13 bits per heavy atom. The molecule has 0 bridgehead atoms. The van der Waals surface area contributed by atoms with Gasteiger partial charge in [0.2, 0.25) is 0 Å². The highest BCUT2D eigenvalue weighted by molar-refractivity contribution is 6.02. The second kappa shape index (κ2) is 7.06. The summed E-state index contributed by atoms with van der Waals surface area (Å²) in [6.45, 7) is -0.401. The van der Waals surface area contributed by atoms with Crippen LogP contribution < -0.4 is 4.90 Å². The Balaban J connectivity index is 1.75. The largest absolute Gasteiger partial charge is 0.456 e. The zero-order chi connectivity index (χ0) is 21.0. The molecule has 5 rings (SSSR count). The standard InChI is InChI=1S/C21H22N4O5/c1-24(2)19-16-12(14-7-11-5-3-4-6-13(11)29-14)8-25(20(16)23-10-22-19)21-18(28)17(27)15(9-26)30-21/h3-8,10,15,17-18,21,26-28H,9H2,1-2H3/t15-,17-,18-,21-/m1/s1. The van der Waals surface area contributed by atoms with Gasteiger partial charge in [-0.15, -0.1) is 0 Å². The van der Waals surface area contributed by atoms with Gasteiger partial charge in [0.15, 0.2) is 6.23 Å². The Kier molecular flexibility index (Phi) is 4.48. The van der Waals surface area contributed by atoms with Gasteiger partial charge in [0.25, 0.3) is 0 Å². The van der Waals surface area contributed by atoms with E-state index in [4.69, 9.17) is 9.15 Å². The fraction of sp³-hybridized carbons (Fsp3) is 0.333. The molecule has 4 aromatic rings. The lowest BCUT2D eigenvalue weighted by atomic mass is 10.1. The highest BCUT2D eigenvalue weighted by Gasteiger charge is 2.44. The number of furan rings is 1. The van der Waals surface area contributed by atoms with E-state index in [1.54, 1.807) is 10.8 Å². The number of aromatic nitrogens is 3. The second-order valence-corrected chi connectivity index (χ2v) is 7.62. The zero-order valence-corrected chi connectivity index (χ0v) is 16.5. The first-order valence-electron chi connectivity index (χ1n) is 9.64. The van der Waals surface area contributed by atoms with E-state index in [0.29, 0.717) is 17.2 Å². The van der Waals surface area contributed by atoms with Gasteiger partial charge in [-0.2, -0.15) is 0 Å². The monoisotopic (exact) mass is 410 g/mol. The van der Waals surface area contributed by atoms with Crippen LogP contribution in [0.1, 0.15) is 6.23 Å². The van der Waals surface area contributed by atoms with E-state index in [9.17, 15) is 15.3 Å². The minimum absolute atomic E-state index is 0.401. The van der Waals surface area contributed by atoms with E-state index >= 15 is 0 Å². The molecule has 1 aliphatic rings. The van der Waals surface area contributed by atoms with Crippen LogP contribution in [0, 0.1) is 0 Å². The summed E-state index contributed by atoms with van der Waals surface area (Å²) in [4.78, 5) is 10.7. The van der Waals surface area contributed by atoms with Gasteiger partial charge >= 0.3 is 0 Å². The summed E-state index contributed by atoms with van der Waals surface area (Å²) in [6, 6.07) is 9.66. The van der Waals surface area contributed by atoms with Crippen LogP contribution in [0.15, 0.2) is 47.3 Å². The van der Waals surface area contributed by atoms with Crippen molar-refractivity contribution in [3.63, 3.8) is 0 Å².